The highest BCUT2D eigenvalue weighted by molar-refractivity contribution is 5.91. The molecule has 4 rings (SSSR count). The Bertz CT molecular complexity index is 1150. The molecule has 4 N–H and O–H groups in total. The molecule has 0 saturated heterocycles. The molecule has 1 aromatic carbocycles. The van der Waals surface area contributed by atoms with Crippen LogP contribution in [-0.2, 0) is 0 Å². The van der Waals surface area contributed by atoms with Crippen molar-refractivity contribution < 1.29 is 8.81 Å². The predicted octanol–water partition coefficient (Wildman–Crippen LogP) is 2.65. The fourth-order valence-corrected chi connectivity index (χ4v) is 2.49. The number of benzene rings is 1. The van der Waals surface area contributed by atoms with E-state index >= 15 is 0 Å². The zero-order chi connectivity index (χ0) is 17.4. The fourth-order valence-electron chi connectivity index (χ4n) is 2.49. The summed E-state index contributed by atoms with van der Waals surface area (Å²) >= 11 is 0. The summed E-state index contributed by atoms with van der Waals surface area (Å²) in [6, 6.07) is 3.18. The van der Waals surface area contributed by atoms with E-state index in [1.807, 2.05) is 6.92 Å². The Balaban J connectivity index is 1.78. The Morgan fingerprint density at radius 1 is 1.28 bits per heavy atom. The number of rotatable bonds is 2. The number of hydrogen-bond acceptors (Lipinski definition) is 6. The number of fused-ring (bicyclic) bond motifs is 2. The van der Waals surface area contributed by atoms with Gasteiger partial charge in [-0.15, -0.1) is 0 Å². The van der Waals surface area contributed by atoms with Gasteiger partial charge in [0.1, 0.15) is 29.1 Å². The SMILES string of the molecule is CCNc1nc2cc(C#Cc3c[nH]c4ncnc(N)c34)c(F)cc2o1. The smallest absolute Gasteiger partial charge is 0.295 e. The van der Waals surface area contributed by atoms with Gasteiger partial charge in [-0.05, 0) is 13.0 Å². The van der Waals surface area contributed by atoms with E-state index in [9.17, 15) is 4.39 Å². The number of hydrogen-bond donors (Lipinski definition) is 3. The summed E-state index contributed by atoms with van der Waals surface area (Å²) in [5, 5.41) is 3.57. The third-order valence-corrected chi connectivity index (χ3v) is 3.64. The van der Waals surface area contributed by atoms with Gasteiger partial charge in [-0.1, -0.05) is 11.8 Å². The summed E-state index contributed by atoms with van der Waals surface area (Å²) in [7, 11) is 0. The number of halogens is 1. The Kier molecular flexibility index (Phi) is 3.47. The molecule has 0 fully saturated rings. The lowest BCUT2D eigenvalue weighted by Crippen LogP contribution is -1.95. The summed E-state index contributed by atoms with van der Waals surface area (Å²) in [5.41, 5.74) is 8.16. The number of aromatic amines is 1. The first-order valence-corrected chi connectivity index (χ1v) is 7.59. The second-order valence-corrected chi connectivity index (χ2v) is 5.28. The molecule has 3 heterocycles. The van der Waals surface area contributed by atoms with Crippen molar-refractivity contribution in [2.45, 2.75) is 6.92 Å². The molecule has 0 aliphatic heterocycles. The lowest BCUT2D eigenvalue weighted by molar-refractivity contribution is 0.599. The van der Waals surface area contributed by atoms with E-state index in [2.05, 4.69) is 37.1 Å². The van der Waals surface area contributed by atoms with E-state index in [0.29, 0.717) is 46.1 Å². The zero-order valence-corrected chi connectivity index (χ0v) is 13.2. The first kappa shape index (κ1) is 15.0. The number of H-pyrrole nitrogens is 1. The molecular formula is C17H13FN6O. The van der Waals surface area contributed by atoms with Gasteiger partial charge in [0.05, 0.1) is 16.5 Å². The van der Waals surface area contributed by atoms with E-state index in [1.54, 1.807) is 12.3 Å². The van der Waals surface area contributed by atoms with Crippen molar-refractivity contribution in [1.29, 1.82) is 0 Å². The number of anilines is 2. The number of aromatic nitrogens is 4. The van der Waals surface area contributed by atoms with Crippen molar-refractivity contribution in [3.8, 4) is 11.8 Å². The molecule has 0 aliphatic carbocycles. The van der Waals surface area contributed by atoms with Gasteiger partial charge in [-0.2, -0.15) is 4.98 Å². The highest BCUT2D eigenvalue weighted by Gasteiger charge is 2.10. The van der Waals surface area contributed by atoms with Gasteiger partial charge in [0.25, 0.3) is 6.01 Å². The second-order valence-electron chi connectivity index (χ2n) is 5.28. The minimum atomic E-state index is -0.483. The van der Waals surface area contributed by atoms with Gasteiger partial charge in [0.2, 0.25) is 0 Å². The normalized spacial score (nSPS) is 10.8. The minimum absolute atomic E-state index is 0.216. The molecule has 0 amide bonds. The Hall–Kier alpha value is -3.60. The molecule has 0 radical (unpaired) electrons. The minimum Gasteiger partial charge on any atom is -0.423 e. The number of nitrogen functional groups attached to an aromatic ring is 1. The molecule has 25 heavy (non-hydrogen) atoms. The average molecular weight is 336 g/mol. The van der Waals surface area contributed by atoms with Crippen LogP contribution in [0.1, 0.15) is 18.1 Å². The van der Waals surface area contributed by atoms with Crippen LogP contribution in [0.2, 0.25) is 0 Å². The van der Waals surface area contributed by atoms with Crippen LogP contribution in [0.25, 0.3) is 22.1 Å². The molecule has 0 spiro atoms. The first-order valence-electron chi connectivity index (χ1n) is 7.59. The van der Waals surface area contributed by atoms with Crippen LogP contribution in [0.15, 0.2) is 29.1 Å². The molecule has 0 unspecified atom stereocenters. The average Bonchev–Trinajstić information content (AvgIpc) is 3.17. The number of nitrogens with one attached hydrogen (secondary N) is 2. The number of oxazole rings is 1. The van der Waals surface area contributed by atoms with Crippen LogP contribution in [0.3, 0.4) is 0 Å². The summed E-state index contributed by atoms with van der Waals surface area (Å²) in [6.07, 6.45) is 3.03. The zero-order valence-electron chi connectivity index (χ0n) is 13.2. The second kappa shape index (κ2) is 5.79. The van der Waals surface area contributed by atoms with Gasteiger partial charge in [0, 0.05) is 18.8 Å². The molecule has 0 bridgehead atoms. The summed E-state index contributed by atoms with van der Waals surface area (Å²) in [4.78, 5) is 15.2. The largest absolute Gasteiger partial charge is 0.423 e. The number of nitrogens with zero attached hydrogens (tertiary/aromatic N) is 3. The van der Waals surface area contributed by atoms with Gasteiger partial charge in [0.15, 0.2) is 5.58 Å². The molecule has 4 aromatic rings. The van der Waals surface area contributed by atoms with Gasteiger partial charge in [-0.25, -0.2) is 14.4 Å². The molecule has 7 nitrogen and oxygen atoms in total. The molecule has 3 aromatic heterocycles. The summed E-state index contributed by atoms with van der Waals surface area (Å²) in [6.45, 7) is 2.58. The van der Waals surface area contributed by atoms with Crippen LogP contribution in [0.4, 0.5) is 16.2 Å². The van der Waals surface area contributed by atoms with E-state index in [-0.39, 0.29) is 5.56 Å². The van der Waals surface area contributed by atoms with E-state index in [1.165, 1.54) is 12.4 Å². The number of nitrogens with two attached hydrogens (primary N) is 1. The molecule has 0 atom stereocenters. The Labute approximate surface area is 141 Å². The van der Waals surface area contributed by atoms with Crippen LogP contribution in [0.5, 0.6) is 0 Å². The van der Waals surface area contributed by atoms with E-state index < -0.39 is 5.82 Å². The van der Waals surface area contributed by atoms with Gasteiger partial charge in [-0.3, -0.25) is 0 Å². The fraction of sp³-hybridized carbons (Fsp3) is 0.118. The highest BCUT2D eigenvalue weighted by Crippen LogP contribution is 2.23. The van der Waals surface area contributed by atoms with Crippen molar-refractivity contribution in [1.82, 2.24) is 19.9 Å². The monoisotopic (exact) mass is 336 g/mol. The molecule has 0 saturated carbocycles. The maximum absolute atomic E-state index is 14.3. The maximum atomic E-state index is 14.3. The maximum Gasteiger partial charge on any atom is 0.295 e. The standard InChI is InChI=1S/C17H13FN6O/c1-2-20-17-24-12-5-9(11(18)6-13(12)25-17)3-4-10-7-21-16-14(10)15(19)22-8-23-16/h5-8H,2H2,1H3,(H,20,24)(H3,19,21,22,23). The lowest BCUT2D eigenvalue weighted by atomic mass is 10.1. The van der Waals surface area contributed by atoms with Crippen molar-refractivity contribution in [3.63, 3.8) is 0 Å². The van der Waals surface area contributed by atoms with Gasteiger partial charge >= 0.3 is 0 Å². The summed E-state index contributed by atoms with van der Waals surface area (Å²) in [5.74, 6) is 5.55. The molecule has 8 heteroatoms. The topological polar surface area (TPSA) is 106 Å². The highest BCUT2D eigenvalue weighted by atomic mass is 19.1. The quantitative estimate of drug-likeness (QED) is 0.486. The van der Waals surface area contributed by atoms with E-state index in [0.717, 1.165) is 0 Å². The van der Waals surface area contributed by atoms with Crippen molar-refractivity contribution in [3.05, 3.63) is 41.6 Å². The van der Waals surface area contributed by atoms with Crippen molar-refractivity contribution in [2.75, 3.05) is 17.6 Å². The van der Waals surface area contributed by atoms with Gasteiger partial charge < -0.3 is 20.5 Å². The molecule has 124 valence electrons. The summed E-state index contributed by atoms with van der Waals surface area (Å²) < 4.78 is 19.7. The first-order chi connectivity index (χ1) is 12.2. The van der Waals surface area contributed by atoms with Crippen molar-refractivity contribution in [2.24, 2.45) is 0 Å². The third kappa shape index (κ3) is 2.61. The van der Waals surface area contributed by atoms with Crippen LogP contribution < -0.4 is 11.1 Å². The predicted molar refractivity (Wildman–Crippen MR) is 92.4 cm³/mol. The Morgan fingerprint density at radius 3 is 2.96 bits per heavy atom. The van der Waals surface area contributed by atoms with Crippen LogP contribution in [-0.4, -0.2) is 26.5 Å². The molecule has 0 aliphatic rings. The van der Waals surface area contributed by atoms with Crippen LogP contribution in [0, 0.1) is 17.7 Å². The van der Waals surface area contributed by atoms with Crippen molar-refractivity contribution >= 4 is 34.0 Å². The van der Waals surface area contributed by atoms with E-state index in [4.69, 9.17) is 10.2 Å². The van der Waals surface area contributed by atoms with Crippen LogP contribution >= 0.6 is 0 Å². The third-order valence-electron chi connectivity index (χ3n) is 3.64. The lowest BCUT2D eigenvalue weighted by Gasteiger charge is -1.95. The molecular weight excluding hydrogens is 323 g/mol. The Morgan fingerprint density at radius 2 is 2.12 bits per heavy atom.